The molecule has 0 radical (unpaired) electrons. The summed E-state index contributed by atoms with van der Waals surface area (Å²) in [5.41, 5.74) is 3.32. The van der Waals surface area contributed by atoms with Crippen LogP contribution in [0.5, 0.6) is 0 Å². The van der Waals surface area contributed by atoms with Gasteiger partial charge in [0.15, 0.2) is 5.82 Å². The van der Waals surface area contributed by atoms with E-state index in [4.69, 9.17) is 0 Å². The maximum absolute atomic E-state index is 13.6. The van der Waals surface area contributed by atoms with Crippen LogP contribution in [-0.4, -0.2) is 25.5 Å². The zero-order valence-electron chi connectivity index (χ0n) is 17.0. The van der Waals surface area contributed by atoms with E-state index in [9.17, 15) is 9.59 Å². The number of benzene rings is 2. The van der Waals surface area contributed by atoms with Gasteiger partial charge in [-0.1, -0.05) is 57.6 Å². The van der Waals surface area contributed by atoms with Gasteiger partial charge >= 0.3 is 0 Å². The van der Waals surface area contributed by atoms with Crippen LogP contribution in [0, 0.1) is 0 Å². The first-order chi connectivity index (χ1) is 16.1. The zero-order chi connectivity index (χ0) is 22.5. The van der Waals surface area contributed by atoms with E-state index >= 15 is 0 Å². The van der Waals surface area contributed by atoms with Crippen molar-refractivity contribution in [1.82, 2.24) is 19.6 Å². The number of thiazole rings is 1. The number of carbonyl (C=O) groups excluding carboxylic acids is 1. The first kappa shape index (κ1) is 20.0. The second kappa shape index (κ2) is 7.72. The molecular formula is C24H14BrN5O2S. The molecular weight excluding hydrogens is 502 g/mol. The summed E-state index contributed by atoms with van der Waals surface area (Å²) >= 11 is 4.68. The number of aromatic nitrogens is 4. The molecule has 5 aromatic rings. The molecule has 33 heavy (non-hydrogen) atoms. The third-order valence-electron chi connectivity index (χ3n) is 5.48. The number of pyridine rings is 1. The van der Waals surface area contributed by atoms with Gasteiger partial charge in [-0.2, -0.15) is 9.50 Å². The summed E-state index contributed by atoms with van der Waals surface area (Å²) in [6, 6.07) is 19.0. The van der Waals surface area contributed by atoms with Crippen LogP contribution in [0.15, 0.2) is 82.3 Å². The number of carbonyl (C=O) groups is 1. The number of amides is 1. The second-order valence-corrected chi connectivity index (χ2v) is 9.41. The molecule has 0 N–H and O–H groups in total. The molecule has 2 aromatic carbocycles. The van der Waals surface area contributed by atoms with Crippen molar-refractivity contribution in [2.24, 2.45) is 0 Å². The summed E-state index contributed by atoms with van der Waals surface area (Å²) < 4.78 is 2.44. The second-order valence-electron chi connectivity index (χ2n) is 7.52. The molecule has 1 aliphatic heterocycles. The molecule has 3 aromatic heterocycles. The molecule has 9 heteroatoms. The lowest BCUT2D eigenvalue weighted by Crippen LogP contribution is -2.32. The van der Waals surface area contributed by atoms with Crippen molar-refractivity contribution < 1.29 is 4.79 Å². The van der Waals surface area contributed by atoms with Gasteiger partial charge in [0.2, 0.25) is 4.96 Å². The lowest BCUT2D eigenvalue weighted by Gasteiger charge is -2.17. The molecule has 7 nitrogen and oxygen atoms in total. The van der Waals surface area contributed by atoms with Crippen molar-refractivity contribution >= 4 is 49.4 Å². The van der Waals surface area contributed by atoms with Crippen LogP contribution in [0.1, 0.15) is 11.1 Å². The predicted molar refractivity (Wildman–Crippen MR) is 130 cm³/mol. The number of anilines is 1. The minimum absolute atomic E-state index is 0.206. The molecule has 0 bridgehead atoms. The first-order valence-electron chi connectivity index (χ1n) is 10.1. The zero-order valence-corrected chi connectivity index (χ0v) is 19.4. The highest BCUT2D eigenvalue weighted by molar-refractivity contribution is 9.10. The minimum atomic E-state index is -0.348. The average Bonchev–Trinajstić information content (AvgIpc) is 3.46. The number of rotatable bonds is 3. The lowest BCUT2D eigenvalue weighted by atomic mass is 10.1. The van der Waals surface area contributed by atoms with Gasteiger partial charge in [-0.15, -0.1) is 5.10 Å². The summed E-state index contributed by atoms with van der Waals surface area (Å²) in [7, 11) is 0. The molecule has 0 atom stereocenters. The van der Waals surface area contributed by atoms with Crippen LogP contribution in [0.25, 0.3) is 21.9 Å². The van der Waals surface area contributed by atoms with Gasteiger partial charge in [0, 0.05) is 28.0 Å². The maximum Gasteiger partial charge on any atom is 0.291 e. The Morgan fingerprint density at radius 3 is 2.52 bits per heavy atom. The Morgan fingerprint density at radius 1 is 0.970 bits per heavy atom. The molecule has 4 heterocycles. The van der Waals surface area contributed by atoms with Crippen LogP contribution in [0.2, 0.25) is 0 Å². The van der Waals surface area contributed by atoms with Crippen LogP contribution in [-0.2, 0) is 11.3 Å². The summed E-state index contributed by atoms with van der Waals surface area (Å²) in [5.74, 6) is 0.242. The van der Waals surface area contributed by atoms with Crippen molar-refractivity contribution in [2.75, 3.05) is 4.90 Å². The average molecular weight is 516 g/mol. The number of nitrogens with zero attached hydrogens (tertiary/aromatic N) is 5. The first-order valence-corrected chi connectivity index (χ1v) is 11.7. The summed E-state index contributed by atoms with van der Waals surface area (Å²) in [6.45, 7) is 0.416. The highest BCUT2D eigenvalue weighted by Gasteiger charge is 2.34. The van der Waals surface area contributed by atoms with Crippen LogP contribution in [0.3, 0.4) is 0 Å². The highest BCUT2D eigenvalue weighted by atomic mass is 79.9. The highest BCUT2D eigenvalue weighted by Crippen LogP contribution is 2.38. The van der Waals surface area contributed by atoms with E-state index in [1.54, 1.807) is 29.4 Å². The molecule has 0 saturated heterocycles. The topological polar surface area (TPSA) is 80.5 Å². The van der Waals surface area contributed by atoms with Gasteiger partial charge < -0.3 is 4.90 Å². The molecule has 0 fully saturated rings. The van der Waals surface area contributed by atoms with Gasteiger partial charge in [0.05, 0.1) is 17.8 Å². The summed E-state index contributed by atoms with van der Waals surface area (Å²) in [4.78, 5) is 37.6. The normalized spacial score (nSPS) is 14.8. The number of fused-ring (bicyclic) bond motifs is 2. The Bertz CT molecular complexity index is 1650. The van der Waals surface area contributed by atoms with Crippen molar-refractivity contribution in [3.63, 3.8) is 0 Å². The Kier molecular flexibility index (Phi) is 4.67. The number of halogens is 1. The Hall–Kier alpha value is -3.69. The van der Waals surface area contributed by atoms with Gasteiger partial charge in [-0.25, -0.2) is 0 Å². The number of hydrogen-bond donors (Lipinski definition) is 0. The Morgan fingerprint density at radius 2 is 1.76 bits per heavy atom. The van der Waals surface area contributed by atoms with E-state index in [-0.39, 0.29) is 11.5 Å². The van der Waals surface area contributed by atoms with Crippen molar-refractivity contribution in [3.8, 4) is 11.4 Å². The van der Waals surface area contributed by atoms with Crippen molar-refractivity contribution in [1.29, 1.82) is 0 Å². The molecule has 6 rings (SSSR count). The quantitative estimate of drug-likeness (QED) is 0.367. The van der Waals surface area contributed by atoms with Gasteiger partial charge in [-0.05, 0) is 35.9 Å². The molecule has 0 spiro atoms. The van der Waals surface area contributed by atoms with Gasteiger partial charge in [0.1, 0.15) is 4.53 Å². The van der Waals surface area contributed by atoms with E-state index < -0.39 is 0 Å². The third-order valence-corrected chi connectivity index (χ3v) is 7.01. The van der Waals surface area contributed by atoms with Gasteiger partial charge in [-0.3, -0.25) is 14.6 Å². The smallest absolute Gasteiger partial charge is 0.291 e. The Balaban J connectivity index is 1.53. The van der Waals surface area contributed by atoms with E-state index in [0.29, 0.717) is 27.4 Å². The predicted octanol–water partition coefficient (Wildman–Crippen LogP) is 3.44. The molecule has 0 aliphatic carbocycles. The molecule has 0 unspecified atom stereocenters. The van der Waals surface area contributed by atoms with E-state index in [1.807, 2.05) is 48.5 Å². The van der Waals surface area contributed by atoms with Crippen LogP contribution >= 0.6 is 27.3 Å². The fraction of sp³-hybridized carbons (Fsp3) is 0.0417. The monoisotopic (exact) mass is 515 g/mol. The molecule has 1 aliphatic rings. The summed E-state index contributed by atoms with van der Waals surface area (Å²) in [6.07, 6.45) is 3.30. The van der Waals surface area contributed by atoms with E-state index in [1.165, 1.54) is 15.9 Å². The fourth-order valence-electron chi connectivity index (χ4n) is 3.95. The number of hydrogen-bond acceptors (Lipinski definition) is 6. The maximum atomic E-state index is 13.6. The van der Waals surface area contributed by atoms with Crippen molar-refractivity contribution in [3.05, 3.63) is 104 Å². The SMILES string of the molecule is O=C1C(=c2sc3nc(-c4ccncc4)nn3c2=O)c2cc(Br)ccc2N1Cc1ccccc1. The van der Waals surface area contributed by atoms with Crippen LogP contribution < -0.4 is 15.0 Å². The van der Waals surface area contributed by atoms with Crippen molar-refractivity contribution in [2.45, 2.75) is 6.54 Å². The molecule has 160 valence electrons. The summed E-state index contributed by atoms with van der Waals surface area (Å²) in [5, 5.41) is 4.39. The lowest BCUT2D eigenvalue weighted by molar-refractivity contribution is -0.113. The minimum Gasteiger partial charge on any atom is -0.303 e. The largest absolute Gasteiger partial charge is 0.303 e. The third kappa shape index (κ3) is 3.28. The molecule has 0 saturated carbocycles. The van der Waals surface area contributed by atoms with E-state index in [0.717, 1.165) is 26.9 Å². The van der Waals surface area contributed by atoms with E-state index in [2.05, 4.69) is 31.0 Å². The standard InChI is InChI=1S/C24H14BrN5O2S/c25-16-6-7-18-17(12-16)19(22(31)29(18)13-14-4-2-1-3-5-14)20-23(32)30-24(33-20)27-21(28-30)15-8-10-26-11-9-15/h1-12H,13H2. The Labute approximate surface area is 199 Å². The molecule has 1 amide bonds. The van der Waals surface area contributed by atoms with Crippen LogP contribution in [0.4, 0.5) is 5.69 Å². The van der Waals surface area contributed by atoms with Gasteiger partial charge in [0.25, 0.3) is 11.5 Å². The fourth-order valence-corrected chi connectivity index (χ4v) is 5.31.